The van der Waals surface area contributed by atoms with Crippen LogP contribution in [-0.4, -0.2) is 22.1 Å². The van der Waals surface area contributed by atoms with Crippen molar-refractivity contribution < 1.29 is 19.2 Å². The number of nitro groups is 1. The van der Waals surface area contributed by atoms with Crippen molar-refractivity contribution in [3.63, 3.8) is 0 Å². The number of non-ortho nitro benzene ring substituents is 1. The van der Waals surface area contributed by atoms with Crippen LogP contribution in [-0.2, 0) is 16.1 Å². The first-order valence-corrected chi connectivity index (χ1v) is 13.4. The number of hydrogen-bond acceptors (Lipinski definition) is 8. The number of esters is 1. The minimum atomic E-state index is -0.769. The molecule has 0 spiro atoms. The monoisotopic (exact) mass is 555 g/mol. The molecule has 0 N–H and O–H groups in total. The number of ether oxygens (including phenoxy) is 2. The van der Waals surface area contributed by atoms with Crippen molar-refractivity contribution in [1.29, 1.82) is 0 Å². The molecule has 4 aromatic rings. The van der Waals surface area contributed by atoms with Crippen LogP contribution in [0.2, 0.25) is 0 Å². The van der Waals surface area contributed by atoms with E-state index in [1.807, 2.05) is 49.4 Å². The van der Waals surface area contributed by atoms with Gasteiger partial charge in [-0.15, -0.1) is 0 Å². The number of benzene rings is 3. The van der Waals surface area contributed by atoms with Gasteiger partial charge in [0.25, 0.3) is 11.2 Å². The molecule has 0 fully saturated rings. The fourth-order valence-corrected chi connectivity index (χ4v) is 5.50. The molecule has 202 valence electrons. The lowest BCUT2D eigenvalue weighted by molar-refractivity contribution is -0.384. The number of allylic oxidation sites excluding steroid dienone is 1. The van der Waals surface area contributed by atoms with Gasteiger partial charge >= 0.3 is 5.97 Å². The second-order valence-corrected chi connectivity index (χ2v) is 10.0. The number of nitrogens with zero attached hydrogens (tertiary/aromatic N) is 3. The number of carbonyl (C=O) groups is 1. The van der Waals surface area contributed by atoms with E-state index in [0.717, 1.165) is 5.56 Å². The molecule has 1 atom stereocenters. The highest BCUT2D eigenvalue weighted by molar-refractivity contribution is 7.07. The summed E-state index contributed by atoms with van der Waals surface area (Å²) in [5.41, 5.74) is 2.53. The topological polar surface area (TPSA) is 113 Å². The Hall–Kier alpha value is -4.83. The Kier molecular flexibility index (Phi) is 7.70. The zero-order valence-corrected chi connectivity index (χ0v) is 22.6. The van der Waals surface area contributed by atoms with Crippen molar-refractivity contribution in [2.75, 3.05) is 6.61 Å². The molecular weight excluding hydrogens is 530 g/mol. The largest absolute Gasteiger partial charge is 0.494 e. The summed E-state index contributed by atoms with van der Waals surface area (Å²) < 4.78 is 13.2. The molecular formula is C30H25N3O6S. The number of thiazole rings is 1. The van der Waals surface area contributed by atoms with Crippen molar-refractivity contribution >= 4 is 29.1 Å². The second-order valence-electron chi connectivity index (χ2n) is 8.99. The van der Waals surface area contributed by atoms with Gasteiger partial charge in [0.15, 0.2) is 4.80 Å². The summed E-state index contributed by atoms with van der Waals surface area (Å²) in [5, 5.41) is 11.0. The Morgan fingerprint density at radius 3 is 2.42 bits per heavy atom. The van der Waals surface area contributed by atoms with E-state index in [0.29, 0.717) is 38.5 Å². The van der Waals surface area contributed by atoms with Gasteiger partial charge in [-0.05, 0) is 60.9 Å². The molecule has 1 aromatic heterocycles. The second kappa shape index (κ2) is 11.5. The quantitative estimate of drug-likeness (QED) is 0.182. The van der Waals surface area contributed by atoms with Crippen molar-refractivity contribution in [3.05, 3.63) is 137 Å². The number of carbonyl (C=O) groups excluding carboxylic acids is 1. The van der Waals surface area contributed by atoms with Gasteiger partial charge in [-0.1, -0.05) is 53.8 Å². The Labute approximate surface area is 233 Å². The van der Waals surface area contributed by atoms with Crippen LogP contribution in [0.25, 0.3) is 6.08 Å². The number of nitro benzene ring substituents is 1. The maximum Gasteiger partial charge on any atom is 0.338 e. The van der Waals surface area contributed by atoms with E-state index in [1.165, 1.54) is 28.0 Å². The molecule has 1 unspecified atom stereocenters. The average Bonchev–Trinajstić information content (AvgIpc) is 3.26. The van der Waals surface area contributed by atoms with Crippen LogP contribution in [0.15, 0.2) is 99.9 Å². The number of fused-ring (bicyclic) bond motifs is 1. The van der Waals surface area contributed by atoms with Crippen LogP contribution in [0.3, 0.4) is 0 Å². The minimum Gasteiger partial charge on any atom is -0.494 e. The molecule has 10 heteroatoms. The average molecular weight is 556 g/mol. The predicted octanol–water partition coefficient (Wildman–Crippen LogP) is 4.29. The highest BCUT2D eigenvalue weighted by Crippen LogP contribution is 2.32. The van der Waals surface area contributed by atoms with E-state index in [9.17, 15) is 19.7 Å². The summed E-state index contributed by atoms with van der Waals surface area (Å²) in [6, 6.07) is 21.8. The first-order valence-electron chi connectivity index (χ1n) is 12.6. The minimum absolute atomic E-state index is 0.0385. The molecule has 40 heavy (non-hydrogen) atoms. The molecule has 5 rings (SSSR count). The van der Waals surface area contributed by atoms with Crippen molar-refractivity contribution in [2.45, 2.75) is 26.5 Å². The lowest BCUT2D eigenvalue weighted by Gasteiger charge is -2.25. The summed E-state index contributed by atoms with van der Waals surface area (Å²) in [7, 11) is 0. The zero-order valence-electron chi connectivity index (χ0n) is 21.8. The maximum atomic E-state index is 13.8. The first kappa shape index (κ1) is 26.8. The number of aromatic nitrogens is 1. The lowest BCUT2D eigenvalue weighted by Crippen LogP contribution is -2.39. The molecule has 1 aliphatic heterocycles. The third kappa shape index (κ3) is 5.48. The first-order chi connectivity index (χ1) is 19.4. The van der Waals surface area contributed by atoms with Crippen LogP contribution in [0, 0.1) is 10.1 Å². The van der Waals surface area contributed by atoms with E-state index in [1.54, 1.807) is 37.3 Å². The summed E-state index contributed by atoms with van der Waals surface area (Å²) in [6.07, 6.45) is 1.66. The summed E-state index contributed by atoms with van der Waals surface area (Å²) in [4.78, 5) is 42.9. The zero-order chi connectivity index (χ0) is 28.2. The summed E-state index contributed by atoms with van der Waals surface area (Å²) >= 11 is 1.19. The molecule has 1 aliphatic rings. The molecule has 0 aliphatic carbocycles. The highest BCUT2D eigenvalue weighted by Gasteiger charge is 2.33. The molecule has 0 bridgehead atoms. The van der Waals surface area contributed by atoms with Crippen molar-refractivity contribution in [1.82, 2.24) is 4.57 Å². The fourth-order valence-electron chi connectivity index (χ4n) is 4.46. The molecule has 3 aromatic carbocycles. The molecule has 0 amide bonds. The van der Waals surface area contributed by atoms with Crippen LogP contribution >= 0.6 is 11.3 Å². The molecule has 0 saturated carbocycles. The Bertz CT molecular complexity index is 1770. The van der Waals surface area contributed by atoms with Crippen molar-refractivity contribution in [2.24, 2.45) is 4.99 Å². The van der Waals surface area contributed by atoms with Gasteiger partial charge in [-0.25, -0.2) is 9.79 Å². The molecule has 0 saturated heterocycles. The van der Waals surface area contributed by atoms with Crippen LogP contribution in [0.5, 0.6) is 5.75 Å². The molecule has 9 nitrogen and oxygen atoms in total. The third-order valence-corrected chi connectivity index (χ3v) is 7.35. The van der Waals surface area contributed by atoms with E-state index in [-0.39, 0.29) is 23.4 Å². The molecule has 2 heterocycles. The Morgan fingerprint density at radius 1 is 1.07 bits per heavy atom. The Morgan fingerprint density at radius 2 is 1.77 bits per heavy atom. The summed E-state index contributed by atoms with van der Waals surface area (Å²) in [5.74, 6) is 0.111. The Balaban J connectivity index is 1.59. The summed E-state index contributed by atoms with van der Waals surface area (Å²) in [6.45, 7) is 4.21. The fraction of sp³-hybridized carbons (Fsp3) is 0.167. The number of rotatable bonds is 8. The van der Waals surface area contributed by atoms with E-state index >= 15 is 0 Å². The lowest BCUT2D eigenvalue weighted by atomic mass is 9.96. The standard InChI is InChI=1S/C30H25N3O6S/c1-3-38-24-15-11-22(12-16-24)27-26(29(35)39-18-21-7-5-4-6-8-21)19(2)31-30-32(27)28(34)25(40-30)17-20-9-13-23(14-10-20)33(36)37/h4-17,27H,3,18H2,1-2H3. The smallest absolute Gasteiger partial charge is 0.338 e. The van der Waals surface area contributed by atoms with Gasteiger partial charge in [-0.3, -0.25) is 19.5 Å². The number of hydrogen-bond donors (Lipinski definition) is 0. The normalized spacial score (nSPS) is 14.8. The highest BCUT2D eigenvalue weighted by atomic mass is 32.1. The van der Waals surface area contributed by atoms with Crippen LogP contribution in [0.1, 0.15) is 36.6 Å². The van der Waals surface area contributed by atoms with Crippen LogP contribution < -0.4 is 19.6 Å². The third-order valence-electron chi connectivity index (χ3n) is 6.36. The van der Waals surface area contributed by atoms with Gasteiger partial charge in [0.05, 0.1) is 33.4 Å². The van der Waals surface area contributed by atoms with Gasteiger partial charge in [0.2, 0.25) is 0 Å². The maximum absolute atomic E-state index is 13.8. The van der Waals surface area contributed by atoms with E-state index in [4.69, 9.17) is 9.47 Å². The van der Waals surface area contributed by atoms with Crippen molar-refractivity contribution in [3.8, 4) is 5.75 Å². The van der Waals surface area contributed by atoms with Gasteiger partial charge < -0.3 is 9.47 Å². The van der Waals surface area contributed by atoms with Gasteiger partial charge in [-0.2, -0.15) is 0 Å². The van der Waals surface area contributed by atoms with Gasteiger partial charge in [0.1, 0.15) is 12.4 Å². The van der Waals surface area contributed by atoms with Crippen LogP contribution in [0.4, 0.5) is 5.69 Å². The SMILES string of the molecule is CCOc1ccc(C2C(C(=O)OCc3ccccc3)=C(C)N=c3sc(=Cc4ccc([N+](=O)[O-])cc4)c(=O)n32)cc1. The van der Waals surface area contributed by atoms with Gasteiger partial charge in [0, 0.05) is 12.1 Å². The van der Waals surface area contributed by atoms with E-state index in [2.05, 4.69) is 4.99 Å². The molecule has 0 radical (unpaired) electrons. The van der Waals surface area contributed by atoms with E-state index < -0.39 is 16.9 Å². The predicted molar refractivity (Wildman–Crippen MR) is 151 cm³/mol.